The van der Waals surface area contributed by atoms with Gasteiger partial charge in [0.25, 0.3) is 5.91 Å². The molecule has 0 spiro atoms. The number of benzene rings is 3. The number of carbonyl (C=O) groups excluding carboxylic acids is 2. The number of hydrogen-bond acceptors (Lipinski definition) is 4. The minimum Gasteiger partial charge on any atom is -0.497 e. The highest BCUT2D eigenvalue weighted by Gasteiger charge is 2.49. The van der Waals surface area contributed by atoms with Crippen LogP contribution in [-0.4, -0.2) is 53.9 Å². The van der Waals surface area contributed by atoms with E-state index in [0.717, 1.165) is 62.2 Å². The van der Waals surface area contributed by atoms with E-state index in [2.05, 4.69) is 34.5 Å². The van der Waals surface area contributed by atoms with E-state index in [9.17, 15) is 9.59 Å². The molecular formula is C32H35N3O3. The molecule has 6 rings (SSSR count). The third kappa shape index (κ3) is 4.93. The topological polar surface area (TPSA) is 61.9 Å². The Balaban J connectivity index is 1.26. The molecule has 3 aromatic rings. The maximum Gasteiger partial charge on any atom is 0.254 e. The molecule has 3 aliphatic rings. The number of likely N-dealkylation sites (tertiary alicyclic amines) is 1. The molecule has 196 valence electrons. The van der Waals surface area contributed by atoms with E-state index in [4.69, 9.17) is 4.74 Å². The summed E-state index contributed by atoms with van der Waals surface area (Å²) in [5, 5.41) is 3.40. The summed E-state index contributed by atoms with van der Waals surface area (Å²) in [6.07, 6.45) is 3.79. The molecule has 2 atom stereocenters. The van der Waals surface area contributed by atoms with E-state index in [-0.39, 0.29) is 29.9 Å². The monoisotopic (exact) mass is 509 g/mol. The Kier molecular flexibility index (Phi) is 6.90. The van der Waals surface area contributed by atoms with Gasteiger partial charge in [-0.2, -0.15) is 0 Å². The van der Waals surface area contributed by atoms with Gasteiger partial charge in [-0.25, -0.2) is 0 Å². The Morgan fingerprint density at radius 1 is 0.921 bits per heavy atom. The third-order valence-electron chi connectivity index (χ3n) is 8.22. The van der Waals surface area contributed by atoms with Crippen molar-refractivity contribution in [1.82, 2.24) is 15.1 Å². The molecular weight excluding hydrogens is 474 g/mol. The SMILES string of the molecule is COc1cccc(C2C(C(=O)NC3CCN(Cc4ccccc4)CC3)c3ccccc3C(=O)N2C2CC2)c1. The summed E-state index contributed by atoms with van der Waals surface area (Å²) in [7, 11) is 1.65. The van der Waals surface area contributed by atoms with Crippen LogP contribution in [0.4, 0.5) is 0 Å². The fourth-order valence-corrected chi connectivity index (χ4v) is 6.14. The van der Waals surface area contributed by atoms with Crippen LogP contribution in [0, 0.1) is 0 Å². The molecule has 2 heterocycles. The fraction of sp³-hybridized carbons (Fsp3) is 0.375. The lowest BCUT2D eigenvalue weighted by Gasteiger charge is -2.43. The molecule has 1 saturated heterocycles. The van der Waals surface area contributed by atoms with Crippen molar-refractivity contribution in [3.8, 4) is 5.75 Å². The van der Waals surface area contributed by atoms with E-state index in [1.54, 1.807) is 7.11 Å². The number of nitrogens with one attached hydrogen (secondary N) is 1. The van der Waals surface area contributed by atoms with Gasteiger partial charge in [0.15, 0.2) is 0 Å². The molecule has 6 heteroatoms. The smallest absolute Gasteiger partial charge is 0.254 e. The fourth-order valence-electron chi connectivity index (χ4n) is 6.14. The zero-order valence-corrected chi connectivity index (χ0v) is 21.9. The molecule has 1 aliphatic carbocycles. The van der Waals surface area contributed by atoms with Crippen molar-refractivity contribution < 1.29 is 14.3 Å². The van der Waals surface area contributed by atoms with E-state index in [1.807, 2.05) is 59.5 Å². The number of nitrogens with zero attached hydrogens (tertiary/aromatic N) is 2. The molecule has 2 amide bonds. The molecule has 2 aliphatic heterocycles. The van der Waals surface area contributed by atoms with Crippen molar-refractivity contribution in [2.75, 3.05) is 20.2 Å². The Labute approximate surface area is 224 Å². The second-order valence-electron chi connectivity index (χ2n) is 10.8. The first-order valence-corrected chi connectivity index (χ1v) is 13.7. The van der Waals surface area contributed by atoms with Gasteiger partial charge in [-0.15, -0.1) is 0 Å². The van der Waals surface area contributed by atoms with Crippen LogP contribution in [0.2, 0.25) is 0 Å². The summed E-state index contributed by atoms with van der Waals surface area (Å²) in [4.78, 5) is 32.3. The minimum absolute atomic E-state index is 0.00456. The molecule has 38 heavy (non-hydrogen) atoms. The van der Waals surface area contributed by atoms with Crippen molar-refractivity contribution in [1.29, 1.82) is 0 Å². The average molecular weight is 510 g/mol. The zero-order valence-electron chi connectivity index (χ0n) is 21.9. The number of piperidine rings is 1. The van der Waals surface area contributed by atoms with Gasteiger partial charge < -0.3 is 15.0 Å². The number of ether oxygens (including phenoxy) is 1. The normalized spacial score (nSPS) is 22.1. The van der Waals surface area contributed by atoms with Crippen LogP contribution < -0.4 is 10.1 Å². The largest absolute Gasteiger partial charge is 0.497 e. The summed E-state index contributed by atoms with van der Waals surface area (Å²) in [6.45, 7) is 2.84. The first-order valence-electron chi connectivity index (χ1n) is 13.7. The predicted octanol–water partition coefficient (Wildman–Crippen LogP) is 4.92. The molecule has 0 bridgehead atoms. The highest BCUT2D eigenvalue weighted by molar-refractivity contribution is 6.01. The minimum atomic E-state index is -0.473. The molecule has 1 saturated carbocycles. The predicted molar refractivity (Wildman–Crippen MR) is 147 cm³/mol. The summed E-state index contributed by atoms with van der Waals surface area (Å²) < 4.78 is 5.51. The van der Waals surface area contributed by atoms with Crippen molar-refractivity contribution >= 4 is 11.8 Å². The Morgan fingerprint density at radius 3 is 2.39 bits per heavy atom. The summed E-state index contributed by atoms with van der Waals surface area (Å²) in [5.74, 6) is 0.285. The van der Waals surface area contributed by atoms with Gasteiger partial charge >= 0.3 is 0 Å². The lowest BCUT2D eigenvalue weighted by molar-refractivity contribution is -0.125. The maximum absolute atomic E-state index is 14.1. The van der Waals surface area contributed by atoms with Crippen LogP contribution in [-0.2, 0) is 11.3 Å². The summed E-state index contributed by atoms with van der Waals surface area (Å²) in [5.41, 5.74) is 3.73. The third-order valence-corrected chi connectivity index (χ3v) is 8.22. The van der Waals surface area contributed by atoms with Crippen LogP contribution in [0.25, 0.3) is 0 Å². The number of hydrogen-bond donors (Lipinski definition) is 1. The van der Waals surface area contributed by atoms with Crippen LogP contribution in [0.1, 0.15) is 64.7 Å². The lowest BCUT2D eigenvalue weighted by Crippen LogP contribution is -2.51. The first-order chi connectivity index (χ1) is 18.6. The van der Waals surface area contributed by atoms with E-state index >= 15 is 0 Å². The number of amides is 2. The molecule has 0 radical (unpaired) electrons. The van der Waals surface area contributed by atoms with E-state index in [0.29, 0.717) is 5.56 Å². The van der Waals surface area contributed by atoms with Gasteiger partial charge in [0.2, 0.25) is 5.91 Å². The molecule has 6 nitrogen and oxygen atoms in total. The van der Waals surface area contributed by atoms with Gasteiger partial charge in [-0.05, 0) is 60.6 Å². The quantitative estimate of drug-likeness (QED) is 0.491. The highest BCUT2D eigenvalue weighted by Crippen LogP contribution is 2.48. The number of fused-ring (bicyclic) bond motifs is 1. The number of methoxy groups -OCH3 is 1. The first kappa shape index (κ1) is 24.7. The van der Waals surface area contributed by atoms with Crippen LogP contribution in [0.3, 0.4) is 0 Å². The number of rotatable bonds is 7. The molecule has 3 aromatic carbocycles. The van der Waals surface area contributed by atoms with Crippen LogP contribution in [0.5, 0.6) is 5.75 Å². The molecule has 0 aromatic heterocycles. The second-order valence-corrected chi connectivity index (χ2v) is 10.8. The van der Waals surface area contributed by atoms with Crippen LogP contribution in [0.15, 0.2) is 78.9 Å². The lowest BCUT2D eigenvalue weighted by atomic mass is 9.78. The summed E-state index contributed by atoms with van der Waals surface area (Å²) in [6, 6.07) is 26.0. The average Bonchev–Trinajstić information content (AvgIpc) is 3.80. The van der Waals surface area contributed by atoms with Gasteiger partial charge in [-0.1, -0.05) is 60.7 Å². The standard InChI is InChI=1S/C32H35N3O3/c1-38-26-11-7-10-23(20-26)30-29(27-12-5-6-13-28(27)32(37)35(30)25-14-15-25)31(36)33-24-16-18-34(19-17-24)21-22-8-3-2-4-9-22/h2-13,20,24-25,29-30H,14-19,21H2,1H3,(H,33,36). The van der Waals surface area contributed by atoms with Gasteiger partial charge in [0.05, 0.1) is 19.1 Å². The van der Waals surface area contributed by atoms with E-state index in [1.165, 1.54) is 5.56 Å². The van der Waals surface area contributed by atoms with E-state index < -0.39 is 5.92 Å². The summed E-state index contributed by atoms with van der Waals surface area (Å²) >= 11 is 0. The molecule has 2 unspecified atom stereocenters. The Morgan fingerprint density at radius 2 is 1.66 bits per heavy atom. The Hall–Kier alpha value is -3.64. The van der Waals surface area contributed by atoms with Crippen molar-refractivity contribution in [2.45, 2.75) is 56.3 Å². The van der Waals surface area contributed by atoms with Crippen molar-refractivity contribution in [3.05, 3.63) is 101 Å². The Bertz CT molecular complexity index is 1300. The van der Waals surface area contributed by atoms with Gasteiger partial charge in [-0.3, -0.25) is 14.5 Å². The zero-order chi connectivity index (χ0) is 26.1. The van der Waals surface area contributed by atoms with Gasteiger partial charge in [0, 0.05) is 37.3 Å². The van der Waals surface area contributed by atoms with Crippen molar-refractivity contribution in [2.24, 2.45) is 0 Å². The van der Waals surface area contributed by atoms with Crippen LogP contribution >= 0.6 is 0 Å². The molecule has 1 N–H and O–H groups in total. The number of carbonyl (C=O) groups is 2. The molecule has 2 fully saturated rings. The highest BCUT2D eigenvalue weighted by atomic mass is 16.5. The second kappa shape index (κ2) is 10.6. The maximum atomic E-state index is 14.1. The van der Waals surface area contributed by atoms with Gasteiger partial charge in [0.1, 0.15) is 5.75 Å². The van der Waals surface area contributed by atoms with Crippen molar-refractivity contribution in [3.63, 3.8) is 0 Å².